The van der Waals surface area contributed by atoms with E-state index in [2.05, 4.69) is 20.8 Å². The first-order valence-electron chi connectivity index (χ1n) is 5.64. The zero-order valence-electron chi connectivity index (χ0n) is 9.55. The fourth-order valence-electron chi connectivity index (χ4n) is 1.99. The van der Waals surface area contributed by atoms with Gasteiger partial charge in [-0.1, -0.05) is 20.8 Å². The number of carbonyl (C=O) groups is 1. The monoisotopic (exact) mass is 198 g/mol. The summed E-state index contributed by atoms with van der Waals surface area (Å²) < 4.78 is 0. The lowest BCUT2D eigenvalue weighted by Gasteiger charge is -2.48. The van der Waals surface area contributed by atoms with Crippen molar-refractivity contribution in [1.29, 1.82) is 0 Å². The number of nitrogens with two attached hydrogens (primary N) is 1. The Kier molecular flexibility index (Phi) is 3.53. The fourth-order valence-corrected chi connectivity index (χ4v) is 1.99. The van der Waals surface area contributed by atoms with Crippen LogP contribution in [0.5, 0.6) is 0 Å². The Morgan fingerprint density at radius 3 is 2.21 bits per heavy atom. The Bertz CT molecular complexity index is 205. The quantitative estimate of drug-likeness (QED) is 0.741. The number of likely N-dealkylation sites (tertiary alicyclic amines) is 1. The summed E-state index contributed by atoms with van der Waals surface area (Å²) in [5, 5.41) is 0. The summed E-state index contributed by atoms with van der Waals surface area (Å²) in [7, 11) is 0. The minimum absolute atomic E-state index is 0.0955. The molecule has 0 aliphatic carbocycles. The molecule has 1 aliphatic rings. The highest BCUT2D eigenvalue weighted by Crippen LogP contribution is 2.24. The zero-order valence-corrected chi connectivity index (χ0v) is 9.55. The van der Waals surface area contributed by atoms with Crippen molar-refractivity contribution in [3.05, 3.63) is 0 Å². The minimum atomic E-state index is -0.0955. The molecule has 0 aromatic rings. The summed E-state index contributed by atoms with van der Waals surface area (Å²) in [5.74, 6) is 0.501. The maximum absolute atomic E-state index is 11.9. The molecule has 2 N–H and O–H groups in total. The molecular formula is C11H22N2O. The summed E-state index contributed by atoms with van der Waals surface area (Å²) >= 11 is 0. The van der Waals surface area contributed by atoms with E-state index >= 15 is 0 Å². The lowest BCUT2D eigenvalue weighted by atomic mass is 9.86. The molecule has 0 bridgehead atoms. The molecule has 82 valence electrons. The molecule has 0 radical (unpaired) electrons. The average molecular weight is 198 g/mol. The fraction of sp³-hybridized carbons (Fsp3) is 0.909. The van der Waals surface area contributed by atoms with E-state index in [1.165, 1.54) is 0 Å². The van der Waals surface area contributed by atoms with Crippen molar-refractivity contribution in [1.82, 2.24) is 4.90 Å². The molecule has 0 aromatic carbocycles. The van der Waals surface area contributed by atoms with Gasteiger partial charge >= 0.3 is 0 Å². The first-order valence-corrected chi connectivity index (χ1v) is 5.64. The molecule has 14 heavy (non-hydrogen) atoms. The van der Waals surface area contributed by atoms with Gasteiger partial charge in [0.15, 0.2) is 0 Å². The maximum Gasteiger partial charge on any atom is 0.225 e. The van der Waals surface area contributed by atoms with Gasteiger partial charge in [0.25, 0.3) is 0 Å². The van der Waals surface area contributed by atoms with E-state index in [1.54, 1.807) is 0 Å². The molecule has 1 rings (SSSR count). The van der Waals surface area contributed by atoms with Crippen LogP contribution in [-0.4, -0.2) is 29.4 Å². The van der Waals surface area contributed by atoms with Crippen molar-refractivity contribution >= 4 is 5.91 Å². The number of hydrogen-bond donors (Lipinski definition) is 1. The van der Waals surface area contributed by atoms with E-state index in [-0.39, 0.29) is 11.5 Å². The van der Waals surface area contributed by atoms with Crippen LogP contribution >= 0.6 is 0 Å². The van der Waals surface area contributed by atoms with Crippen LogP contribution in [0.15, 0.2) is 0 Å². The topological polar surface area (TPSA) is 46.3 Å². The van der Waals surface area contributed by atoms with E-state index in [4.69, 9.17) is 5.73 Å². The predicted octanol–water partition coefficient (Wildman–Crippen LogP) is 1.37. The zero-order chi connectivity index (χ0) is 10.8. The number of hydrogen-bond acceptors (Lipinski definition) is 2. The molecule has 1 saturated heterocycles. The number of nitrogens with zero attached hydrogens (tertiary/aromatic N) is 1. The first kappa shape index (κ1) is 11.5. The van der Waals surface area contributed by atoms with Crippen molar-refractivity contribution in [3.8, 4) is 0 Å². The minimum Gasteiger partial charge on any atom is -0.339 e. The van der Waals surface area contributed by atoms with Gasteiger partial charge in [-0.15, -0.1) is 0 Å². The van der Waals surface area contributed by atoms with Gasteiger partial charge in [-0.05, 0) is 19.3 Å². The van der Waals surface area contributed by atoms with Gasteiger partial charge in [0.05, 0.1) is 5.54 Å². The third-order valence-electron chi connectivity index (χ3n) is 3.36. The molecule has 0 aromatic heterocycles. The highest BCUT2D eigenvalue weighted by atomic mass is 16.2. The van der Waals surface area contributed by atoms with Crippen LogP contribution in [0.25, 0.3) is 0 Å². The third-order valence-corrected chi connectivity index (χ3v) is 3.36. The molecule has 3 heteroatoms. The predicted molar refractivity (Wildman–Crippen MR) is 57.9 cm³/mol. The lowest BCUT2D eigenvalue weighted by Crippen LogP contribution is -2.68. The van der Waals surface area contributed by atoms with Crippen molar-refractivity contribution in [2.75, 3.05) is 13.1 Å². The normalized spacial score (nSPS) is 19.6. The van der Waals surface area contributed by atoms with Crippen molar-refractivity contribution in [2.45, 2.75) is 45.6 Å². The molecule has 0 unspecified atom stereocenters. The Balaban J connectivity index is 2.43. The lowest BCUT2D eigenvalue weighted by molar-refractivity contribution is -0.143. The SMILES string of the molecule is CCC(CC)C(=O)N1CC(N)(CC)C1. The third kappa shape index (κ3) is 2.08. The van der Waals surface area contributed by atoms with Crippen LogP contribution in [0, 0.1) is 5.92 Å². The van der Waals surface area contributed by atoms with E-state index < -0.39 is 0 Å². The smallest absolute Gasteiger partial charge is 0.225 e. The summed E-state index contributed by atoms with van der Waals surface area (Å²) in [6.45, 7) is 7.72. The van der Waals surface area contributed by atoms with Gasteiger partial charge in [-0.2, -0.15) is 0 Å². The molecule has 0 spiro atoms. The van der Waals surface area contributed by atoms with Gasteiger partial charge in [0.1, 0.15) is 0 Å². The molecular weight excluding hydrogens is 176 g/mol. The van der Waals surface area contributed by atoms with Gasteiger partial charge in [0, 0.05) is 19.0 Å². The van der Waals surface area contributed by atoms with Crippen LogP contribution < -0.4 is 5.73 Å². The molecule has 0 saturated carbocycles. The van der Waals surface area contributed by atoms with Crippen LogP contribution in [0.1, 0.15) is 40.0 Å². The van der Waals surface area contributed by atoms with Crippen molar-refractivity contribution in [3.63, 3.8) is 0 Å². The highest BCUT2D eigenvalue weighted by molar-refractivity contribution is 5.80. The van der Waals surface area contributed by atoms with Crippen LogP contribution in [0.2, 0.25) is 0 Å². The number of carbonyl (C=O) groups excluding carboxylic acids is 1. The Morgan fingerprint density at radius 2 is 1.86 bits per heavy atom. The second-order valence-electron chi connectivity index (χ2n) is 4.42. The van der Waals surface area contributed by atoms with E-state index in [1.807, 2.05) is 4.90 Å². The van der Waals surface area contributed by atoms with E-state index in [0.717, 1.165) is 32.4 Å². The molecule has 1 fully saturated rings. The summed E-state index contributed by atoms with van der Waals surface area (Å²) in [5.41, 5.74) is 5.92. The largest absolute Gasteiger partial charge is 0.339 e. The summed E-state index contributed by atoms with van der Waals surface area (Å²) in [4.78, 5) is 13.8. The standard InChI is InChI=1S/C11H22N2O/c1-4-9(5-2)10(14)13-7-11(12,6-3)8-13/h9H,4-8,12H2,1-3H3. The number of rotatable bonds is 4. The van der Waals surface area contributed by atoms with Crippen LogP contribution in [-0.2, 0) is 4.79 Å². The Labute approximate surface area is 86.6 Å². The Hall–Kier alpha value is -0.570. The van der Waals surface area contributed by atoms with E-state index in [9.17, 15) is 4.79 Å². The van der Waals surface area contributed by atoms with Crippen molar-refractivity contribution < 1.29 is 4.79 Å². The molecule has 1 heterocycles. The average Bonchev–Trinajstić information content (AvgIpc) is 2.14. The van der Waals surface area contributed by atoms with Crippen molar-refractivity contribution in [2.24, 2.45) is 11.7 Å². The number of amides is 1. The second kappa shape index (κ2) is 4.30. The first-order chi connectivity index (χ1) is 6.56. The highest BCUT2D eigenvalue weighted by Gasteiger charge is 2.41. The van der Waals surface area contributed by atoms with E-state index in [0.29, 0.717) is 5.91 Å². The summed E-state index contributed by atoms with van der Waals surface area (Å²) in [6, 6.07) is 0. The van der Waals surface area contributed by atoms with Gasteiger partial charge in [-0.3, -0.25) is 4.79 Å². The van der Waals surface area contributed by atoms with Crippen LogP contribution in [0.3, 0.4) is 0 Å². The Morgan fingerprint density at radius 1 is 1.36 bits per heavy atom. The molecule has 3 nitrogen and oxygen atoms in total. The van der Waals surface area contributed by atoms with Gasteiger partial charge in [0.2, 0.25) is 5.91 Å². The summed E-state index contributed by atoms with van der Waals surface area (Å²) in [6.07, 6.45) is 2.84. The second-order valence-corrected chi connectivity index (χ2v) is 4.42. The van der Waals surface area contributed by atoms with Gasteiger partial charge in [-0.25, -0.2) is 0 Å². The maximum atomic E-state index is 11.9. The molecule has 0 atom stereocenters. The van der Waals surface area contributed by atoms with Gasteiger partial charge < -0.3 is 10.6 Å². The molecule has 1 aliphatic heterocycles. The van der Waals surface area contributed by atoms with Crippen LogP contribution in [0.4, 0.5) is 0 Å². The molecule has 1 amide bonds.